The fraction of sp³-hybridized carbons (Fsp3) is 0.625. The van der Waals surface area contributed by atoms with E-state index >= 15 is 0 Å². The van der Waals surface area contributed by atoms with E-state index in [4.69, 9.17) is 9.02 Å². The third-order valence-electron chi connectivity index (χ3n) is 7.40. The SMILES string of the molecule is CSON1C(C)=C1c1ccc(CNC(=O)C2CCCN2C(=O)C(NC(=O)CCCCNC(=O)OC(C)(C)C)C(C)(C)C)cc1. The van der Waals surface area contributed by atoms with Crippen LogP contribution in [0.25, 0.3) is 5.70 Å². The number of hydroxylamine groups is 2. The van der Waals surface area contributed by atoms with E-state index in [-0.39, 0.29) is 24.1 Å². The van der Waals surface area contributed by atoms with E-state index in [9.17, 15) is 19.2 Å². The third kappa shape index (κ3) is 10.2. The molecule has 244 valence electrons. The lowest BCUT2D eigenvalue weighted by molar-refractivity contribution is -0.143. The first-order chi connectivity index (χ1) is 20.6. The molecule has 12 heteroatoms. The first-order valence-electron chi connectivity index (χ1n) is 15.3. The molecular weight excluding hydrogens is 582 g/mol. The van der Waals surface area contributed by atoms with Gasteiger partial charge < -0.3 is 25.6 Å². The Hall–Kier alpha value is -3.25. The summed E-state index contributed by atoms with van der Waals surface area (Å²) in [6.45, 7) is 14.3. The lowest BCUT2D eigenvalue weighted by Crippen LogP contribution is -2.57. The summed E-state index contributed by atoms with van der Waals surface area (Å²) in [5.74, 6) is -0.680. The van der Waals surface area contributed by atoms with Crippen LogP contribution in [0, 0.1) is 5.41 Å². The molecule has 0 saturated carbocycles. The lowest BCUT2D eigenvalue weighted by Gasteiger charge is -2.35. The highest BCUT2D eigenvalue weighted by Crippen LogP contribution is 2.41. The van der Waals surface area contributed by atoms with Crippen LogP contribution in [0.2, 0.25) is 0 Å². The van der Waals surface area contributed by atoms with Gasteiger partial charge in [-0.15, -0.1) is 0 Å². The molecule has 1 aromatic rings. The van der Waals surface area contributed by atoms with Crippen LogP contribution in [0.3, 0.4) is 0 Å². The average molecular weight is 632 g/mol. The number of amides is 4. The second-order valence-corrected chi connectivity index (χ2v) is 13.8. The van der Waals surface area contributed by atoms with E-state index in [0.717, 1.165) is 28.9 Å². The molecule has 11 nitrogen and oxygen atoms in total. The molecule has 0 aliphatic carbocycles. The zero-order valence-electron chi connectivity index (χ0n) is 27.4. The average Bonchev–Trinajstić information content (AvgIpc) is 3.31. The van der Waals surface area contributed by atoms with Crippen LogP contribution >= 0.6 is 12.0 Å². The topological polar surface area (TPSA) is 129 Å². The summed E-state index contributed by atoms with van der Waals surface area (Å²) >= 11 is 1.29. The molecular formula is C32H49N5O6S. The maximum Gasteiger partial charge on any atom is 0.407 e. The van der Waals surface area contributed by atoms with E-state index < -0.39 is 29.2 Å². The first-order valence-corrected chi connectivity index (χ1v) is 16.4. The van der Waals surface area contributed by atoms with Crippen LogP contribution in [-0.4, -0.2) is 70.8 Å². The molecule has 2 atom stereocenters. The number of unbranched alkanes of at least 4 members (excludes halogenated alkanes) is 1. The van der Waals surface area contributed by atoms with Gasteiger partial charge >= 0.3 is 6.09 Å². The van der Waals surface area contributed by atoms with Gasteiger partial charge in [0, 0.05) is 49.9 Å². The number of ether oxygens (including phenoxy) is 1. The quantitative estimate of drug-likeness (QED) is 0.211. The molecule has 4 amide bonds. The van der Waals surface area contributed by atoms with Gasteiger partial charge in [-0.25, -0.2) is 9.86 Å². The van der Waals surface area contributed by atoms with Crippen molar-refractivity contribution in [3.8, 4) is 0 Å². The Morgan fingerprint density at radius 2 is 1.70 bits per heavy atom. The molecule has 3 rings (SSSR count). The van der Waals surface area contributed by atoms with E-state index in [1.807, 2.05) is 58.2 Å². The van der Waals surface area contributed by atoms with Gasteiger partial charge in [-0.1, -0.05) is 45.0 Å². The number of rotatable bonds is 13. The number of alkyl carbamates (subject to hydrolysis) is 1. The molecule has 0 spiro atoms. The number of allylic oxidation sites excluding steroid dienone is 1. The molecule has 1 aromatic carbocycles. The molecule has 44 heavy (non-hydrogen) atoms. The molecule has 3 N–H and O–H groups in total. The minimum absolute atomic E-state index is 0.198. The predicted octanol–water partition coefficient (Wildman–Crippen LogP) is 4.73. The van der Waals surface area contributed by atoms with Gasteiger partial charge in [0.2, 0.25) is 17.7 Å². The number of carbonyl (C=O) groups is 4. The van der Waals surface area contributed by atoms with Gasteiger partial charge in [-0.3, -0.25) is 14.4 Å². The van der Waals surface area contributed by atoms with Gasteiger partial charge in [0.15, 0.2) is 0 Å². The van der Waals surface area contributed by atoms with Crippen molar-refractivity contribution in [2.45, 2.75) is 105 Å². The highest BCUT2D eigenvalue weighted by Gasteiger charge is 2.41. The smallest absolute Gasteiger partial charge is 0.407 e. The Morgan fingerprint density at radius 1 is 1.02 bits per heavy atom. The summed E-state index contributed by atoms with van der Waals surface area (Å²) in [7, 11) is 0. The Balaban J connectivity index is 1.49. The van der Waals surface area contributed by atoms with Crippen LogP contribution in [0.15, 0.2) is 30.0 Å². The van der Waals surface area contributed by atoms with Crippen molar-refractivity contribution in [1.82, 2.24) is 25.9 Å². The number of hydrogen-bond acceptors (Lipinski definition) is 8. The van der Waals surface area contributed by atoms with Crippen LogP contribution in [-0.2, 0) is 29.9 Å². The number of benzene rings is 1. The lowest BCUT2D eigenvalue weighted by atomic mass is 9.85. The summed E-state index contributed by atoms with van der Waals surface area (Å²) in [6, 6.07) is 6.60. The molecule has 1 saturated heterocycles. The van der Waals surface area contributed by atoms with Crippen LogP contribution in [0.5, 0.6) is 0 Å². The minimum Gasteiger partial charge on any atom is -0.444 e. The summed E-state index contributed by atoms with van der Waals surface area (Å²) in [5.41, 5.74) is 3.00. The number of carbonyl (C=O) groups excluding carboxylic acids is 4. The largest absolute Gasteiger partial charge is 0.444 e. The highest BCUT2D eigenvalue weighted by molar-refractivity contribution is 7.93. The fourth-order valence-corrected chi connectivity index (χ4v) is 5.41. The number of nitrogens with one attached hydrogen (secondary N) is 3. The normalized spacial score (nSPS) is 17.3. The first kappa shape index (κ1) is 35.2. The van der Waals surface area contributed by atoms with E-state index in [1.54, 1.807) is 30.7 Å². The van der Waals surface area contributed by atoms with Crippen molar-refractivity contribution in [2.75, 3.05) is 19.3 Å². The standard InChI is InChI=1S/C32H49N5O6S/c1-21-26(37(21)43-44-8)23-16-14-22(15-17-23)20-34-28(39)24-12-11-19-36(24)29(40)27(31(2,3)4)35-25(38)13-9-10-18-33-30(41)42-32(5,6)7/h14-17,24,27H,9-13,18-20H2,1-8H3,(H,33,41)(H,34,39)(H,35,38). The summed E-state index contributed by atoms with van der Waals surface area (Å²) < 4.78 is 10.7. The van der Waals surface area contributed by atoms with Crippen molar-refractivity contribution in [3.05, 3.63) is 41.1 Å². The number of likely N-dealkylation sites (tertiary alicyclic amines) is 1. The number of hydrogen-bond donors (Lipinski definition) is 3. The highest BCUT2D eigenvalue weighted by atomic mass is 32.2. The summed E-state index contributed by atoms with van der Waals surface area (Å²) in [4.78, 5) is 53.2. The van der Waals surface area contributed by atoms with Crippen LogP contribution < -0.4 is 16.0 Å². The molecule has 2 aliphatic rings. The van der Waals surface area contributed by atoms with E-state index in [0.29, 0.717) is 38.9 Å². The predicted molar refractivity (Wildman–Crippen MR) is 172 cm³/mol. The van der Waals surface area contributed by atoms with Crippen LogP contribution in [0.1, 0.15) is 91.7 Å². The molecule has 0 bridgehead atoms. The molecule has 2 heterocycles. The second-order valence-electron chi connectivity index (χ2n) is 13.3. The summed E-state index contributed by atoms with van der Waals surface area (Å²) in [5, 5.41) is 10.4. The molecule has 2 unspecified atom stereocenters. The third-order valence-corrected chi connectivity index (χ3v) is 7.70. The Kier molecular flexibility index (Phi) is 12.1. The van der Waals surface area contributed by atoms with Gasteiger partial charge in [0.05, 0.1) is 11.4 Å². The maximum absolute atomic E-state index is 13.7. The molecule has 2 aliphatic heterocycles. The Bertz CT molecular complexity index is 1220. The van der Waals surface area contributed by atoms with Crippen molar-refractivity contribution >= 4 is 41.6 Å². The number of nitrogens with zero attached hydrogens (tertiary/aromatic N) is 2. The zero-order chi connectivity index (χ0) is 32.7. The zero-order valence-corrected chi connectivity index (χ0v) is 28.2. The van der Waals surface area contributed by atoms with Crippen molar-refractivity contribution in [3.63, 3.8) is 0 Å². The maximum atomic E-state index is 13.7. The van der Waals surface area contributed by atoms with Gasteiger partial charge in [-0.2, -0.15) is 4.28 Å². The molecule has 0 aromatic heterocycles. The Labute approximate surface area is 266 Å². The van der Waals surface area contributed by atoms with Crippen molar-refractivity contribution in [1.29, 1.82) is 0 Å². The Morgan fingerprint density at radius 3 is 2.32 bits per heavy atom. The van der Waals surface area contributed by atoms with Crippen molar-refractivity contribution < 1.29 is 28.2 Å². The minimum atomic E-state index is -0.773. The molecule has 1 fully saturated rings. The van der Waals surface area contributed by atoms with E-state index in [1.165, 1.54) is 12.0 Å². The van der Waals surface area contributed by atoms with Gasteiger partial charge in [0.25, 0.3) is 0 Å². The fourth-order valence-electron chi connectivity index (χ4n) is 5.08. The van der Waals surface area contributed by atoms with Gasteiger partial charge in [0.1, 0.15) is 17.7 Å². The van der Waals surface area contributed by atoms with E-state index in [2.05, 4.69) is 16.0 Å². The van der Waals surface area contributed by atoms with Gasteiger partial charge in [-0.05, 0) is 64.4 Å². The van der Waals surface area contributed by atoms with Crippen LogP contribution in [0.4, 0.5) is 4.79 Å². The molecule has 0 radical (unpaired) electrons. The second kappa shape index (κ2) is 15.2. The summed E-state index contributed by atoms with van der Waals surface area (Å²) in [6.07, 6.45) is 4.04. The van der Waals surface area contributed by atoms with Crippen molar-refractivity contribution in [2.24, 2.45) is 5.41 Å². The monoisotopic (exact) mass is 631 g/mol.